The van der Waals surface area contributed by atoms with Crippen LogP contribution in [-0.2, 0) is 11.2 Å². The topological polar surface area (TPSA) is 37.3 Å². The molecule has 0 saturated carbocycles. The summed E-state index contributed by atoms with van der Waals surface area (Å²) in [6, 6.07) is 10.3. The molecule has 0 amide bonds. The molecule has 18 heavy (non-hydrogen) atoms. The third-order valence-corrected chi connectivity index (χ3v) is 5.47. The van der Waals surface area contributed by atoms with Crippen LogP contribution in [0.1, 0.15) is 24.8 Å². The second-order valence-electron chi connectivity index (χ2n) is 4.68. The van der Waals surface area contributed by atoms with E-state index in [0.29, 0.717) is 0 Å². The quantitative estimate of drug-likeness (QED) is 0.687. The van der Waals surface area contributed by atoms with Crippen LogP contribution in [0.3, 0.4) is 0 Å². The fourth-order valence-corrected chi connectivity index (χ4v) is 3.88. The van der Waals surface area contributed by atoms with Crippen molar-refractivity contribution in [3.63, 3.8) is 0 Å². The fourth-order valence-electron chi connectivity index (χ4n) is 2.00. The van der Waals surface area contributed by atoms with E-state index < -0.39 is 5.97 Å². The number of rotatable bonds is 8. The lowest BCUT2D eigenvalue weighted by molar-refractivity contribution is -0.137. The van der Waals surface area contributed by atoms with E-state index in [4.69, 9.17) is 5.11 Å². The maximum Gasteiger partial charge on any atom is 0.303 e. The van der Waals surface area contributed by atoms with Crippen molar-refractivity contribution in [3.8, 4) is 0 Å². The summed E-state index contributed by atoms with van der Waals surface area (Å²) >= 11 is 7.16. The highest BCUT2D eigenvalue weighted by Gasteiger charge is 2.28. The highest BCUT2D eigenvalue weighted by atomic mass is 79.9. The van der Waals surface area contributed by atoms with Gasteiger partial charge in [0.15, 0.2) is 0 Å². The van der Waals surface area contributed by atoms with E-state index in [1.807, 2.05) is 18.2 Å². The van der Waals surface area contributed by atoms with E-state index in [1.54, 1.807) is 0 Å². The van der Waals surface area contributed by atoms with Crippen molar-refractivity contribution in [2.24, 2.45) is 5.41 Å². The van der Waals surface area contributed by atoms with Gasteiger partial charge in [-0.25, -0.2) is 0 Å². The summed E-state index contributed by atoms with van der Waals surface area (Å²) < 4.78 is 0. The molecule has 0 aliphatic heterocycles. The molecule has 0 heterocycles. The lowest BCUT2D eigenvalue weighted by atomic mass is 9.81. The van der Waals surface area contributed by atoms with Crippen LogP contribution in [0.15, 0.2) is 30.3 Å². The zero-order chi connectivity index (χ0) is 13.4. The van der Waals surface area contributed by atoms with E-state index in [1.165, 1.54) is 5.56 Å². The van der Waals surface area contributed by atoms with Gasteiger partial charge in [0.1, 0.15) is 0 Å². The van der Waals surface area contributed by atoms with Gasteiger partial charge >= 0.3 is 5.97 Å². The van der Waals surface area contributed by atoms with Gasteiger partial charge in [-0.3, -0.25) is 4.79 Å². The Bertz CT molecular complexity index is 361. The molecule has 0 fully saturated rings. The van der Waals surface area contributed by atoms with Crippen LogP contribution < -0.4 is 0 Å². The molecule has 0 aliphatic carbocycles. The van der Waals surface area contributed by atoms with Crippen LogP contribution in [0.2, 0.25) is 0 Å². The summed E-state index contributed by atoms with van der Waals surface area (Å²) in [6.07, 6.45) is 2.84. The number of alkyl halides is 2. The summed E-state index contributed by atoms with van der Waals surface area (Å²) in [5.74, 6) is -0.715. The normalized spacial score (nSPS) is 11.4. The number of carboxylic acid groups (broad SMARTS) is 1. The summed E-state index contributed by atoms with van der Waals surface area (Å²) in [4.78, 5) is 10.6. The van der Waals surface area contributed by atoms with E-state index in [0.717, 1.165) is 29.9 Å². The van der Waals surface area contributed by atoms with Crippen LogP contribution in [0.4, 0.5) is 0 Å². The van der Waals surface area contributed by atoms with Gasteiger partial charge in [0.05, 0.1) is 0 Å². The Morgan fingerprint density at radius 1 is 1.17 bits per heavy atom. The lowest BCUT2D eigenvalue weighted by Crippen LogP contribution is -2.28. The average Bonchev–Trinajstić information content (AvgIpc) is 2.38. The second-order valence-corrected chi connectivity index (χ2v) is 5.80. The predicted molar refractivity (Wildman–Crippen MR) is 81.7 cm³/mol. The van der Waals surface area contributed by atoms with Crippen molar-refractivity contribution in [3.05, 3.63) is 35.9 Å². The molecule has 100 valence electrons. The second kappa shape index (κ2) is 7.95. The molecule has 0 saturated heterocycles. The van der Waals surface area contributed by atoms with Crippen LogP contribution in [-0.4, -0.2) is 21.7 Å². The number of hydrogen-bond donors (Lipinski definition) is 1. The molecular formula is C14H18Br2O2. The number of hydrogen-bond acceptors (Lipinski definition) is 1. The van der Waals surface area contributed by atoms with Crippen LogP contribution in [0, 0.1) is 5.41 Å². The molecular weight excluding hydrogens is 360 g/mol. The van der Waals surface area contributed by atoms with Gasteiger partial charge in [-0.1, -0.05) is 62.2 Å². The molecule has 1 aromatic rings. The fraction of sp³-hybridized carbons (Fsp3) is 0.500. The Kier molecular flexibility index (Phi) is 6.94. The molecule has 0 unspecified atom stereocenters. The van der Waals surface area contributed by atoms with E-state index in [-0.39, 0.29) is 11.8 Å². The smallest absolute Gasteiger partial charge is 0.303 e. The summed E-state index contributed by atoms with van der Waals surface area (Å²) in [7, 11) is 0. The maximum atomic E-state index is 10.6. The molecule has 1 aromatic carbocycles. The monoisotopic (exact) mass is 376 g/mol. The van der Waals surface area contributed by atoms with Gasteiger partial charge in [-0.05, 0) is 30.2 Å². The van der Waals surface area contributed by atoms with E-state index in [9.17, 15) is 4.79 Å². The highest BCUT2D eigenvalue weighted by Crippen LogP contribution is 2.33. The minimum Gasteiger partial charge on any atom is -0.481 e. The van der Waals surface area contributed by atoms with E-state index in [2.05, 4.69) is 44.0 Å². The third kappa shape index (κ3) is 5.11. The van der Waals surface area contributed by atoms with Gasteiger partial charge < -0.3 is 5.11 Å². The van der Waals surface area contributed by atoms with Crippen LogP contribution in [0.5, 0.6) is 0 Å². The Balaban J connectivity index is 2.64. The SMILES string of the molecule is O=C(O)CCCC(CBr)(CBr)Cc1ccccc1. The first kappa shape index (κ1) is 15.7. The molecule has 1 rings (SSSR count). The number of carboxylic acids is 1. The standard InChI is InChI=1S/C14H18Br2O2/c15-10-14(11-16,8-4-7-13(17)18)9-12-5-2-1-3-6-12/h1-3,5-6H,4,7-11H2,(H,17,18). The van der Waals surface area contributed by atoms with Crippen molar-refractivity contribution in [1.29, 1.82) is 0 Å². The minimum atomic E-state index is -0.715. The zero-order valence-corrected chi connectivity index (χ0v) is 13.4. The van der Waals surface area contributed by atoms with E-state index >= 15 is 0 Å². The first-order chi connectivity index (χ1) is 8.62. The molecule has 0 atom stereocenters. The molecule has 4 heteroatoms. The van der Waals surface area contributed by atoms with Gasteiger partial charge in [-0.15, -0.1) is 0 Å². The third-order valence-electron chi connectivity index (χ3n) is 3.09. The molecule has 0 aliphatic rings. The van der Waals surface area contributed by atoms with Gasteiger partial charge in [0.2, 0.25) is 0 Å². The molecule has 0 aromatic heterocycles. The predicted octanol–water partition coefficient (Wildman–Crippen LogP) is 4.26. The number of aliphatic carboxylic acids is 1. The molecule has 2 nitrogen and oxygen atoms in total. The lowest BCUT2D eigenvalue weighted by Gasteiger charge is -2.30. The van der Waals surface area contributed by atoms with Crippen molar-refractivity contribution in [1.82, 2.24) is 0 Å². The molecule has 1 N–H and O–H groups in total. The maximum absolute atomic E-state index is 10.6. The molecule has 0 bridgehead atoms. The van der Waals surface area contributed by atoms with Gasteiger partial charge in [0.25, 0.3) is 0 Å². The first-order valence-corrected chi connectivity index (χ1v) is 8.24. The van der Waals surface area contributed by atoms with Gasteiger partial charge in [-0.2, -0.15) is 0 Å². The van der Waals surface area contributed by atoms with Crippen LogP contribution >= 0.6 is 31.9 Å². The first-order valence-electron chi connectivity index (χ1n) is 5.99. The van der Waals surface area contributed by atoms with Crippen molar-refractivity contribution in [2.75, 3.05) is 10.7 Å². The van der Waals surface area contributed by atoms with Crippen molar-refractivity contribution in [2.45, 2.75) is 25.7 Å². The summed E-state index contributed by atoms with van der Waals surface area (Å²) in [5, 5.41) is 10.5. The number of benzene rings is 1. The number of carbonyl (C=O) groups is 1. The average molecular weight is 378 g/mol. The largest absolute Gasteiger partial charge is 0.481 e. The summed E-state index contributed by atoms with van der Waals surface area (Å²) in [5.41, 5.74) is 1.39. The Labute approximate surface area is 125 Å². The highest BCUT2D eigenvalue weighted by molar-refractivity contribution is 9.09. The Hall–Kier alpha value is -0.350. The van der Waals surface area contributed by atoms with Gasteiger partial charge in [0, 0.05) is 17.1 Å². The Morgan fingerprint density at radius 3 is 2.28 bits per heavy atom. The zero-order valence-electron chi connectivity index (χ0n) is 10.2. The van der Waals surface area contributed by atoms with Crippen molar-refractivity contribution < 1.29 is 9.90 Å². The van der Waals surface area contributed by atoms with Crippen molar-refractivity contribution >= 4 is 37.8 Å². The Morgan fingerprint density at radius 2 is 1.78 bits per heavy atom. The summed E-state index contributed by atoms with van der Waals surface area (Å²) in [6.45, 7) is 0. The molecule has 0 spiro atoms. The molecule has 0 radical (unpaired) electrons. The number of halogens is 2. The van der Waals surface area contributed by atoms with Crippen LogP contribution in [0.25, 0.3) is 0 Å². The minimum absolute atomic E-state index is 0.0941.